The molecule has 0 saturated heterocycles. The van der Waals surface area contributed by atoms with Crippen LogP contribution in [0.3, 0.4) is 0 Å². The average molecular weight is 371 g/mol. The predicted octanol–water partition coefficient (Wildman–Crippen LogP) is 3.70. The van der Waals surface area contributed by atoms with Crippen molar-refractivity contribution in [2.24, 2.45) is 0 Å². The molecule has 2 aromatic heterocycles. The van der Waals surface area contributed by atoms with E-state index in [1.807, 2.05) is 38.1 Å². The van der Waals surface area contributed by atoms with E-state index in [9.17, 15) is 8.42 Å². The van der Waals surface area contributed by atoms with Gasteiger partial charge >= 0.3 is 0 Å². The average Bonchev–Trinajstić information content (AvgIpc) is 2.92. The summed E-state index contributed by atoms with van der Waals surface area (Å²) >= 11 is 0. The molecule has 26 heavy (non-hydrogen) atoms. The first-order valence-electron chi connectivity index (χ1n) is 8.22. The van der Waals surface area contributed by atoms with Gasteiger partial charge in [-0.3, -0.25) is 9.29 Å². The number of aryl methyl sites for hydroxylation is 4. The number of pyridine rings is 1. The van der Waals surface area contributed by atoms with Gasteiger partial charge in [-0.2, -0.15) is 0 Å². The van der Waals surface area contributed by atoms with Gasteiger partial charge in [-0.05, 0) is 62.6 Å². The van der Waals surface area contributed by atoms with E-state index in [0.29, 0.717) is 11.4 Å². The van der Waals surface area contributed by atoms with Crippen LogP contribution in [0.5, 0.6) is 0 Å². The number of anilines is 1. The highest BCUT2D eigenvalue weighted by molar-refractivity contribution is 7.92. The highest BCUT2D eigenvalue weighted by Gasteiger charge is 2.31. The second-order valence-electron chi connectivity index (χ2n) is 6.37. The van der Waals surface area contributed by atoms with Crippen LogP contribution in [0.2, 0.25) is 0 Å². The van der Waals surface area contributed by atoms with Crippen molar-refractivity contribution in [2.45, 2.75) is 39.1 Å². The summed E-state index contributed by atoms with van der Waals surface area (Å²) in [7, 11) is -3.85. The number of benzene rings is 1. The summed E-state index contributed by atoms with van der Waals surface area (Å²) < 4.78 is 33.4. The SMILES string of the molecule is Cc1cc(C)cc(N(Cc2cccnc2)S(=O)(=O)c2c(C)noc2C)c1. The highest BCUT2D eigenvalue weighted by atomic mass is 32.2. The van der Waals surface area contributed by atoms with Crippen molar-refractivity contribution in [1.82, 2.24) is 10.1 Å². The fourth-order valence-corrected chi connectivity index (χ4v) is 4.75. The molecule has 1 aromatic carbocycles. The molecule has 3 rings (SSSR count). The maximum absolute atomic E-state index is 13.5. The molecule has 0 aliphatic carbocycles. The van der Waals surface area contributed by atoms with Crippen molar-refractivity contribution >= 4 is 15.7 Å². The Labute approximate surface area is 153 Å². The molecule has 0 aliphatic heterocycles. The number of hydrogen-bond donors (Lipinski definition) is 0. The van der Waals surface area contributed by atoms with E-state index in [2.05, 4.69) is 10.1 Å². The third-order valence-corrected chi connectivity index (χ3v) is 6.08. The van der Waals surface area contributed by atoms with Crippen molar-refractivity contribution < 1.29 is 12.9 Å². The van der Waals surface area contributed by atoms with Crippen LogP contribution in [0.15, 0.2) is 52.1 Å². The monoisotopic (exact) mass is 371 g/mol. The Hall–Kier alpha value is -2.67. The Kier molecular flexibility index (Phi) is 4.82. The normalized spacial score (nSPS) is 11.5. The summed E-state index contributed by atoms with van der Waals surface area (Å²) in [6.07, 6.45) is 3.33. The lowest BCUT2D eigenvalue weighted by atomic mass is 10.1. The molecule has 0 unspecified atom stereocenters. The van der Waals surface area contributed by atoms with Gasteiger partial charge in [-0.1, -0.05) is 17.3 Å². The molecule has 0 N–H and O–H groups in total. The Balaban J connectivity index is 2.17. The zero-order valence-electron chi connectivity index (χ0n) is 15.2. The van der Waals surface area contributed by atoms with E-state index >= 15 is 0 Å². The van der Waals surface area contributed by atoms with Gasteiger partial charge in [0.1, 0.15) is 5.69 Å². The third-order valence-electron chi connectivity index (χ3n) is 4.06. The molecule has 2 heterocycles. The Morgan fingerprint density at radius 2 is 1.77 bits per heavy atom. The van der Waals surface area contributed by atoms with Crippen molar-refractivity contribution in [1.29, 1.82) is 0 Å². The fourth-order valence-electron chi connectivity index (χ4n) is 3.02. The van der Waals surface area contributed by atoms with Crippen molar-refractivity contribution in [3.05, 3.63) is 70.9 Å². The van der Waals surface area contributed by atoms with Gasteiger partial charge in [0, 0.05) is 12.4 Å². The molecule has 0 amide bonds. The van der Waals surface area contributed by atoms with Crippen LogP contribution in [0.4, 0.5) is 5.69 Å². The molecule has 6 nitrogen and oxygen atoms in total. The lowest BCUT2D eigenvalue weighted by Crippen LogP contribution is -2.31. The van der Waals surface area contributed by atoms with Crippen LogP contribution >= 0.6 is 0 Å². The number of hydrogen-bond acceptors (Lipinski definition) is 5. The first-order chi connectivity index (χ1) is 12.3. The third kappa shape index (κ3) is 3.48. The summed E-state index contributed by atoms with van der Waals surface area (Å²) in [4.78, 5) is 4.21. The summed E-state index contributed by atoms with van der Waals surface area (Å²) in [5.74, 6) is 0.281. The van der Waals surface area contributed by atoms with Crippen molar-refractivity contribution in [3.63, 3.8) is 0 Å². The number of nitrogens with zero attached hydrogens (tertiary/aromatic N) is 3. The molecule has 0 radical (unpaired) electrons. The molecule has 0 spiro atoms. The van der Waals surface area contributed by atoms with Crippen LogP contribution in [-0.2, 0) is 16.6 Å². The van der Waals surface area contributed by atoms with Crippen LogP contribution < -0.4 is 4.31 Å². The maximum atomic E-state index is 13.5. The van der Waals surface area contributed by atoms with Gasteiger partial charge in [-0.25, -0.2) is 8.42 Å². The second-order valence-corrected chi connectivity index (χ2v) is 8.17. The van der Waals surface area contributed by atoms with Gasteiger partial charge in [0.25, 0.3) is 10.0 Å². The molecule has 0 saturated carbocycles. The van der Waals surface area contributed by atoms with E-state index in [1.165, 1.54) is 4.31 Å². The van der Waals surface area contributed by atoms with Crippen LogP contribution in [0.25, 0.3) is 0 Å². The molecule has 0 aliphatic rings. The van der Waals surface area contributed by atoms with Crippen LogP contribution in [0, 0.1) is 27.7 Å². The maximum Gasteiger partial charge on any atom is 0.270 e. The minimum absolute atomic E-state index is 0.112. The van der Waals surface area contributed by atoms with Gasteiger partial charge < -0.3 is 4.52 Å². The van der Waals surface area contributed by atoms with Gasteiger partial charge in [0.15, 0.2) is 10.7 Å². The number of aromatic nitrogens is 2. The van der Waals surface area contributed by atoms with Crippen molar-refractivity contribution in [3.8, 4) is 0 Å². The highest BCUT2D eigenvalue weighted by Crippen LogP contribution is 2.30. The van der Waals surface area contributed by atoms with Gasteiger partial charge in [0.2, 0.25) is 0 Å². The van der Waals surface area contributed by atoms with Gasteiger partial charge in [-0.15, -0.1) is 0 Å². The summed E-state index contributed by atoms with van der Waals surface area (Å²) in [6.45, 7) is 7.30. The molecule has 136 valence electrons. The Morgan fingerprint density at radius 1 is 1.08 bits per heavy atom. The van der Waals surface area contributed by atoms with E-state index in [4.69, 9.17) is 4.52 Å². The molecule has 7 heteroatoms. The largest absolute Gasteiger partial charge is 0.360 e. The lowest BCUT2D eigenvalue weighted by Gasteiger charge is -2.25. The molecular weight excluding hydrogens is 350 g/mol. The smallest absolute Gasteiger partial charge is 0.270 e. The second kappa shape index (κ2) is 6.92. The summed E-state index contributed by atoms with van der Waals surface area (Å²) in [6, 6.07) is 9.37. The first-order valence-corrected chi connectivity index (χ1v) is 9.66. The predicted molar refractivity (Wildman–Crippen MR) is 99.5 cm³/mol. The number of rotatable bonds is 5. The van der Waals surface area contributed by atoms with E-state index in [-0.39, 0.29) is 17.2 Å². The molecule has 0 bridgehead atoms. The summed E-state index contributed by atoms with van der Waals surface area (Å²) in [5.41, 5.74) is 3.73. The van der Waals surface area contributed by atoms with Gasteiger partial charge in [0.05, 0.1) is 12.2 Å². The Morgan fingerprint density at radius 3 is 2.31 bits per heavy atom. The zero-order chi connectivity index (χ0) is 18.9. The lowest BCUT2D eigenvalue weighted by molar-refractivity contribution is 0.390. The minimum Gasteiger partial charge on any atom is -0.360 e. The summed E-state index contributed by atoms with van der Waals surface area (Å²) in [5, 5.41) is 3.81. The molecule has 3 aromatic rings. The Bertz CT molecular complexity index is 988. The molecule has 0 fully saturated rings. The quantitative estimate of drug-likeness (QED) is 0.683. The fraction of sp³-hybridized carbons (Fsp3) is 0.263. The number of sulfonamides is 1. The van der Waals surface area contributed by atoms with E-state index < -0.39 is 10.0 Å². The zero-order valence-corrected chi connectivity index (χ0v) is 16.0. The standard InChI is InChI=1S/C19H21N3O3S/c1-13-8-14(2)10-18(9-13)22(12-17-6-5-7-20-11-17)26(23,24)19-15(3)21-25-16(19)4/h5-11H,12H2,1-4H3. The van der Waals surface area contributed by atoms with Crippen LogP contribution in [0.1, 0.15) is 28.1 Å². The van der Waals surface area contributed by atoms with Crippen LogP contribution in [-0.4, -0.2) is 18.6 Å². The van der Waals surface area contributed by atoms with E-state index in [0.717, 1.165) is 16.7 Å². The molecular formula is C19H21N3O3S. The first kappa shape index (κ1) is 18.1. The van der Waals surface area contributed by atoms with Crippen molar-refractivity contribution in [2.75, 3.05) is 4.31 Å². The van der Waals surface area contributed by atoms with E-state index in [1.54, 1.807) is 32.3 Å². The minimum atomic E-state index is -3.85. The molecule has 0 atom stereocenters. The topological polar surface area (TPSA) is 76.3 Å².